The van der Waals surface area contributed by atoms with Crippen molar-refractivity contribution >= 4 is 17.9 Å². The van der Waals surface area contributed by atoms with Crippen molar-refractivity contribution in [2.45, 2.75) is 20.1 Å². The van der Waals surface area contributed by atoms with Crippen molar-refractivity contribution < 1.29 is 18.7 Å². The van der Waals surface area contributed by atoms with E-state index in [1.165, 1.54) is 12.1 Å². The van der Waals surface area contributed by atoms with Gasteiger partial charge in [-0.3, -0.25) is 14.5 Å². The summed E-state index contributed by atoms with van der Waals surface area (Å²) in [6.07, 6.45) is 1.67. The summed E-state index contributed by atoms with van der Waals surface area (Å²) < 4.78 is 18.8. The van der Waals surface area contributed by atoms with Crippen LogP contribution >= 0.6 is 0 Å². The van der Waals surface area contributed by atoms with Gasteiger partial charge in [0.15, 0.2) is 0 Å². The number of nitriles is 1. The van der Waals surface area contributed by atoms with E-state index in [9.17, 15) is 19.2 Å². The zero-order valence-electron chi connectivity index (χ0n) is 18.5. The van der Waals surface area contributed by atoms with Crippen molar-refractivity contribution in [3.05, 3.63) is 118 Å². The second-order valence-electron chi connectivity index (χ2n) is 7.84. The van der Waals surface area contributed by atoms with Crippen molar-refractivity contribution in [3.63, 3.8) is 0 Å². The highest BCUT2D eigenvalue weighted by molar-refractivity contribution is 6.19. The smallest absolute Gasteiger partial charge is 0.271 e. The Morgan fingerprint density at radius 2 is 1.59 bits per heavy atom. The van der Waals surface area contributed by atoms with Gasteiger partial charge in [0.1, 0.15) is 29.8 Å². The molecule has 6 heteroatoms. The average molecular weight is 452 g/mol. The molecule has 0 aromatic heterocycles. The number of amides is 2. The van der Waals surface area contributed by atoms with Crippen LogP contribution in [0.5, 0.6) is 5.75 Å². The summed E-state index contributed by atoms with van der Waals surface area (Å²) >= 11 is 0. The maximum atomic E-state index is 13.2. The lowest BCUT2D eigenvalue weighted by Crippen LogP contribution is -2.42. The van der Waals surface area contributed by atoms with Crippen molar-refractivity contribution in [2.75, 3.05) is 0 Å². The van der Waals surface area contributed by atoms with Gasteiger partial charge in [0.2, 0.25) is 0 Å². The highest BCUT2D eigenvalue weighted by Crippen LogP contribution is 2.28. The third kappa shape index (κ3) is 4.94. The molecule has 0 saturated carbocycles. The minimum absolute atomic E-state index is 0.0407. The van der Waals surface area contributed by atoms with E-state index in [0.29, 0.717) is 23.5 Å². The minimum Gasteiger partial charge on any atom is -0.489 e. The summed E-state index contributed by atoms with van der Waals surface area (Å²) in [5.74, 6) is -0.712. The molecule has 2 amide bonds. The quantitative estimate of drug-likeness (QED) is 0.381. The molecule has 168 valence electrons. The van der Waals surface area contributed by atoms with Gasteiger partial charge in [0.25, 0.3) is 11.8 Å². The molecule has 0 unspecified atom stereocenters. The third-order valence-corrected chi connectivity index (χ3v) is 5.52. The summed E-state index contributed by atoms with van der Waals surface area (Å²) in [6.45, 7) is 1.99. The Kier molecular flexibility index (Phi) is 6.65. The Morgan fingerprint density at radius 3 is 2.24 bits per heavy atom. The number of carbonyl (C=O) groups is 2. The summed E-state index contributed by atoms with van der Waals surface area (Å²) in [5, 5.41) is 9.56. The monoisotopic (exact) mass is 452 g/mol. The predicted octanol–water partition coefficient (Wildman–Crippen LogP) is 5.20. The molecular weight excluding hydrogens is 431 g/mol. The predicted molar refractivity (Wildman–Crippen MR) is 125 cm³/mol. The van der Waals surface area contributed by atoms with Crippen LogP contribution in [0.25, 0.3) is 6.08 Å². The standard InChI is InChI=1S/C28H21FN2O3/c1-19-25(27(32)31(28(33)26(19)16-30)17-21-5-3-2-4-6-21)15-20-9-13-24(14-10-20)34-18-22-7-11-23(29)12-8-22/h2-15H,17-18H2,1H3/b25-15+. The zero-order valence-corrected chi connectivity index (χ0v) is 18.5. The topological polar surface area (TPSA) is 70.4 Å². The molecule has 1 aliphatic rings. The first kappa shape index (κ1) is 22.7. The normalized spacial score (nSPS) is 15.0. The minimum atomic E-state index is -0.587. The van der Waals surface area contributed by atoms with E-state index in [2.05, 4.69) is 0 Å². The first-order valence-electron chi connectivity index (χ1n) is 10.7. The van der Waals surface area contributed by atoms with Crippen LogP contribution in [-0.2, 0) is 22.7 Å². The number of hydrogen-bond donors (Lipinski definition) is 0. The Labute approximate surface area is 197 Å². The molecule has 0 atom stereocenters. The van der Waals surface area contributed by atoms with Gasteiger partial charge in [0.05, 0.1) is 6.54 Å². The van der Waals surface area contributed by atoms with E-state index in [4.69, 9.17) is 4.74 Å². The van der Waals surface area contributed by atoms with Gasteiger partial charge in [-0.15, -0.1) is 0 Å². The lowest BCUT2D eigenvalue weighted by atomic mass is 9.93. The van der Waals surface area contributed by atoms with Gasteiger partial charge >= 0.3 is 0 Å². The van der Waals surface area contributed by atoms with Crippen LogP contribution in [-0.4, -0.2) is 16.7 Å². The van der Waals surface area contributed by atoms with E-state index >= 15 is 0 Å². The van der Waals surface area contributed by atoms with Crippen LogP contribution in [0, 0.1) is 17.1 Å². The Morgan fingerprint density at radius 1 is 0.912 bits per heavy atom. The van der Waals surface area contributed by atoms with Gasteiger partial charge in [-0.05, 0) is 59.5 Å². The second-order valence-corrected chi connectivity index (χ2v) is 7.84. The molecule has 34 heavy (non-hydrogen) atoms. The van der Waals surface area contributed by atoms with Crippen LogP contribution in [0.4, 0.5) is 4.39 Å². The highest BCUT2D eigenvalue weighted by Gasteiger charge is 2.35. The van der Waals surface area contributed by atoms with E-state index in [0.717, 1.165) is 21.6 Å². The average Bonchev–Trinajstić information content (AvgIpc) is 2.86. The molecule has 1 heterocycles. The van der Waals surface area contributed by atoms with Crippen LogP contribution in [0.3, 0.4) is 0 Å². The molecule has 0 spiro atoms. The molecule has 0 aliphatic carbocycles. The van der Waals surface area contributed by atoms with Gasteiger partial charge in [-0.25, -0.2) is 4.39 Å². The number of ether oxygens (including phenoxy) is 1. The summed E-state index contributed by atoms with van der Waals surface area (Å²) in [7, 11) is 0. The lowest BCUT2D eigenvalue weighted by Gasteiger charge is -2.27. The van der Waals surface area contributed by atoms with Crippen LogP contribution in [0.15, 0.2) is 95.6 Å². The first-order chi connectivity index (χ1) is 16.5. The molecule has 1 aliphatic heterocycles. The molecule has 5 nitrogen and oxygen atoms in total. The molecular formula is C28H21FN2O3. The van der Waals surface area contributed by atoms with Crippen molar-refractivity contribution in [2.24, 2.45) is 0 Å². The number of halogens is 1. The number of benzene rings is 3. The third-order valence-electron chi connectivity index (χ3n) is 5.52. The van der Waals surface area contributed by atoms with Crippen molar-refractivity contribution in [1.82, 2.24) is 4.90 Å². The van der Waals surface area contributed by atoms with Gasteiger partial charge in [-0.2, -0.15) is 5.26 Å². The second kappa shape index (κ2) is 9.97. The molecule has 0 N–H and O–H groups in total. The number of imide groups is 1. The molecule has 0 radical (unpaired) electrons. The SMILES string of the molecule is CC1=C(C#N)C(=O)N(Cc2ccccc2)C(=O)/C1=C/c1ccc(OCc2ccc(F)cc2)cc1. The van der Waals surface area contributed by atoms with Crippen molar-refractivity contribution in [1.29, 1.82) is 5.26 Å². The van der Waals surface area contributed by atoms with Gasteiger partial charge < -0.3 is 4.74 Å². The number of hydrogen-bond acceptors (Lipinski definition) is 4. The summed E-state index contributed by atoms with van der Waals surface area (Å²) in [4.78, 5) is 27.1. The Bertz CT molecular complexity index is 1320. The van der Waals surface area contributed by atoms with Crippen LogP contribution in [0.2, 0.25) is 0 Å². The molecule has 4 rings (SSSR count). The molecule has 3 aromatic carbocycles. The van der Waals surface area contributed by atoms with Gasteiger partial charge in [-0.1, -0.05) is 54.6 Å². The fourth-order valence-corrected chi connectivity index (χ4v) is 3.61. The molecule has 0 saturated heterocycles. The van der Waals surface area contributed by atoms with Crippen LogP contribution in [0.1, 0.15) is 23.6 Å². The number of carbonyl (C=O) groups excluding carboxylic acids is 2. The van der Waals surface area contributed by atoms with E-state index in [1.807, 2.05) is 36.4 Å². The molecule has 0 fully saturated rings. The fraction of sp³-hybridized carbons (Fsp3) is 0.107. The van der Waals surface area contributed by atoms with E-state index in [-0.39, 0.29) is 17.9 Å². The largest absolute Gasteiger partial charge is 0.489 e. The first-order valence-corrected chi connectivity index (χ1v) is 10.7. The Hall–Kier alpha value is -4.50. The molecule has 3 aromatic rings. The van der Waals surface area contributed by atoms with E-state index in [1.54, 1.807) is 49.4 Å². The fourth-order valence-electron chi connectivity index (χ4n) is 3.61. The van der Waals surface area contributed by atoms with Crippen LogP contribution < -0.4 is 4.74 Å². The summed E-state index contributed by atoms with van der Waals surface area (Å²) in [6, 6.07) is 24.3. The highest BCUT2D eigenvalue weighted by atomic mass is 19.1. The van der Waals surface area contributed by atoms with E-state index < -0.39 is 11.8 Å². The molecule has 0 bridgehead atoms. The number of nitrogens with zero attached hydrogens (tertiary/aromatic N) is 2. The lowest BCUT2D eigenvalue weighted by molar-refractivity contribution is -0.141. The summed E-state index contributed by atoms with van der Waals surface area (Å²) in [5.41, 5.74) is 2.98. The number of rotatable bonds is 6. The van der Waals surface area contributed by atoms with Gasteiger partial charge in [0, 0.05) is 5.57 Å². The maximum Gasteiger partial charge on any atom is 0.271 e. The van der Waals surface area contributed by atoms with Crippen molar-refractivity contribution in [3.8, 4) is 11.8 Å². The Balaban J connectivity index is 1.55. The maximum absolute atomic E-state index is 13.2. The zero-order chi connectivity index (χ0) is 24.1.